The number of fused-ring (bicyclic) bond motifs is 7. The van der Waals surface area contributed by atoms with Crippen LogP contribution in [0.15, 0.2) is 144 Å². The molecule has 42 heavy (non-hydrogen) atoms. The SMILES string of the molecule is c1ccc(-n2c3ccccc3c3ccc(-c4nc(-c5ccc6c(c5)oc5ccccc56)cc5ncccc45)cc32)cc1. The monoisotopic (exact) mass is 537 g/mol. The summed E-state index contributed by atoms with van der Waals surface area (Å²) in [4.78, 5) is 10.0. The third-order valence-electron chi connectivity index (χ3n) is 8.24. The first-order valence-electron chi connectivity index (χ1n) is 14.1. The van der Waals surface area contributed by atoms with Gasteiger partial charge < -0.3 is 8.98 Å². The lowest BCUT2D eigenvalue weighted by Gasteiger charge is -2.11. The molecule has 4 heterocycles. The van der Waals surface area contributed by atoms with Gasteiger partial charge in [-0.05, 0) is 60.7 Å². The van der Waals surface area contributed by atoms with Gasteiger partial charge in [0, 0.05) is 49.9 Å². The zero-order valence-electron chi connectivity index (χ0n) is 22.5. The van der Waals surface area contributed by atoms with E-state index in [0.717, 1.165) is 66.6 Å². The minimum atomic E-state index is 0.854. The van der Waals surface area contributed by atoms with Crippen LogP contribution in [-0.4, -0.2) is 14.5 Å². The summed E-state index contributed by atoms with van der Waals surface area (Å²) in [5, 5.41) is 5.69. The van der Waals surface area contributed by atoms with Crippen LogP contribution in [0.1, 0.15) is 0 Å². The van der Waals surface area contributed by atoms with E-state index in [-0.39, 0.29) is 0 Å². The Morgan fingerprint density at radius 1 is 0.500 bits per heavy atom. The predicted molar refractivity (Wildman–Crippen MR) is 172 cm³/mol. The summed E-state index contributed by atoms with van der Waals surface area (Å²) in [7, 11) is 0. The van der Waals surface area contributed by atoms with Crippen molar-refractivity contribution in [1.29, 1.82) is 0 Å². The Hall–Kier alpha value is -5.74. The number of rotatable bonds is 3. The maximum absolute atomic E-state index is 6.20. The number of hydrogen-bond acceptors (Lipinski definition) is 3. The van der Waals surface area contributed by atoms with Crippen LogP contribution in [0.25, 0.3) is 82.8 Å². The van der Waals surface area contributed by atoms with Crippen molar-refractivity contribution in [1.82, 2.24) is 14.5 Å². The van der Waals surface area contributed by atoms with E-state index in [4.69, 9.17) is 14.4 Å². The standard InChI is InChI=1S/C38H23N3O/c1-2-9-26(10-3-1)41-34-14-6-4-11-27(34)28-18-17-25(21-35(28)41)38-31-13-8-20-39-33(31)23-32(40-38)24-16-19-30-29-12-5-7-15-36(29)42-37(30)22-24/h1-23H. The number of nitrogens with zero attached hydrogens (tertiary/aromatic N) is 3. The minimum Gasteiger partial charge on any atom is -0.456 e. The van der Waals surface area contributed by atoms with E-state index in [2.05, 4.69) is 114 Å². The zero-order valence-corrected chi connectivity index (χ0v) is 22.5. The normalized spacial score (nSPS) is 11.8. The molecule has 0 aliphatic carbocycles. The Morgan fingerprint density at radius 3 is 2.14 bits per heavy atom. The summed E-state index contributed by atoms with van der Waals surface area (Å²) in [5.41, 5.74) is 9.93. The molecule has 5 aromatic carbocycles. The van der Waals surface area contributed by atoms with Gasteiger partial charge in [0.05, 0.1) is 27.9 Å². The minimum absolute atomic E-state index is 0.854. The Kier molecular flexibility index (Phi) is 4.87. The molecule has 0 radical (unpaired) electrons. The van der Waals surface area contributed by atoms with Crippen molar-refractivity contribution in [2.24, 2.45) is 0 Å². The van der Waals surface area contributed by atoms with Gasteiger partial charge in [0.25, 0.3) is 0 Å². The molecule has 4 nitrogen and oxygen atoms in total. The van der Waals surface area contributed by atoms with Gasteiger partial charge in [0.2, 0.25) is 0 Å². The van der Waals surface area contributed by atoms with E-state index in [9.17, 15) is 0 Å². The van der Waals surface area contributed by atoms with Crippen LogP contribution in [0.4, 0.5) is 0 Å². The van der Waals surface area contributed by atoms with Gasteiger partial charge in [-0.1, -0.05) is 72.8 Å². The van der Waals surface area contributed by atoms with Gasteiger partial charge in [-0.2, -0.15) is 0 Å². The summed E-state index contributed by atoms with van der Waals surface area (Å²) in [6.07, 6.45) is 1.84. The summed E-state index contributed by atoms with van der Waals surface area (Å²) >= 11 is 0. The average Bonchev–Trinajstić information content (AvgIpc) is 3.59. The lowest BCUT2D eigenvalue weighted by atomic mass is 10.0. The molecule has 196 valence electrons. The highest BCUT2D eigenvalue weighted by atomic mass is 16.3. The smallest absolute Gasteiger partial charge is 0.136 e. The van der Waals surface area contributed by atoms with E-state index in [1.165, 1.54) is 16.3 Å². The van der Waals surface area contributed by atoms with Crippen LogP contribution in [0.5, 0.6) is 0 Å². The third kappa shape index (κ3) is 3.42. The molecule has 0 unspecified atom stereocenters. The van der Waals surface area contributed by atoms with Crippen molar-refractivity contribution in [3.63, 3.8) is 0 Å². The van der Waals surface area contributed by atoms with Crippen molar-refractivity contribution in [3.05, 3.63) is 140 Å². The van der Waals surface area contributed by atoms with Crippen LogP contribution in [0, 0.1) is 0 Å². The highest BCUT2D eigenvalue weighted by Gasteiger charge is 2.16. The highest BCUT2D eigenvalue weighted by Crippen LogP contribution is 2.38. The number of pyridine rings is 2. The lowest BCUT2D eigenvalue weighted by Crippen LogP contribution is -1.95. The number of furan rings is 1. The Morgan fingerprint density at radius 2 is 1.21 bits per heavy atom. The van der Waals surface area contributed by atoms with Crippen LogP contribution >= 0.6 is 0 Å². The zero-order chi connectivity index (χ0) is 27.6. The van der Waals surface area contributed by atoms with Crippen molar-refractivity contribution in [2.45, 2.75) is 0 Å². The van der Waals surface area contributed by atoms with E-state index in [1.807, 2.05) is 30.5 Å². The van der Waals surface area contributed by atoms with Crippen molar-refractivity contribution in [2.75, 3.05) is 0 Å². The molecule has 4 heteroatoms. The molecule has 0 amide bonds. The fourth-order valence-electron chi connectivity index (χ4n) is 6.30. The second-order valence-corrected chi connectivity index (χ2v) is 10.7. The second-order valence-electron chi connectivity index (χ2n) is 10.7. The van der Waals surface area contributed by atoms with Crippen LogP contribution < -0.4 is 0 Å². The highest BCUT2D eigenvalue weighted by molar-refractivity contribution is 6.11. The number of benzene rings is 5. The molecule has 0 saturated carbocycles. The van der Waals surface area contributed by atoms with E-state index < -0.39 is 0 Å². The predicted octanol–water partition coefficient (Wildman–Crippen LogP) is 9.96. The van der Waals surface area contributed by atoms with Gasteiger partial charge in [0.1, 0.15) is 11.2 Å². The van der Waals surface area contributed by atoms with E-state index in [0.29, 0.717) is 0 Å². The number of hydrogen-bond donors (Lipinski definition) is 0. The molecule has 0 aliphatic rings. The van der Waals surface area contributed by atoms with Gasteiger partial charge >= 0.3 is 0 Å². The Labute approximate surface area is 241 Å². The van der Waals surface area contributed by atoms with Gasteiger partial charge in [-0.3, -0.25) is 4.98 Å². The first-order valence-corrected chi connectivity index (χ1v) is 14.1. The molecule has 0 aliphatic heterocycles. The molecule has 9 rings (SSSR count). The van der Waals surface area contributed by atoms with Gasteiger partial charge in [-0.15, -0.1) is 0 Å². The number of para-hydroxylation sites is 3. The van der Waals surface area contributed by atoms with E-state index >= 15 is 0 Å². The summed E-state index contributed by atoms with van der Waals surface area (Å²) in [6, 6.07) is 46.5. The first-order chi connectivity index (χ1) is 20.8. The topological polar surface area (TPSA) is 43.9 Å². The molecule has 9 aromatic rings. The summed E-state index contributed by atoms with van der Waals surface area (Å²) < 4.78 is 8.54. The molecule has 0 saturated heterocycles. The van der Waals surface area contributed by atoms with Crippen molar-refractivity contribution < 1.29 is 4.42 Å². The van der Waals surface area contributed by atoms with E-state index in [1.54, 1.807) is 0 Å². The fourth-order valence-corrected chi connectivity index (χ4v) is 6.30. The summed E-state index contributed by atoms with van der Waals surface area (Å²) in [5.74, 6) is 0. The molecule has 0 atom stereocenters. The van der Waals surface area contributed by atoms with Crippen molar-refractivity contribution in [3.8, 4) is 28.2 Å². The van der Waals surface area contributed by atoms with Crippen molar-refractivity contribution >= 4 is 54.6 Å². The van der Waals surface area contributed by atoms with Crippen LogP contribution in [0.3, 0.4) is 0 Å². The molecular formula is C38H23N3O. The van der Waals surface area contributed by atoms with Crippen LogP contribution in [-0.2, 0) is 0 Å². The molecule has 0 spiro atoms. The summed E-state index contributed by atoms with van der Waals surface area (Å²) in [6.45, 7) is 0. The average molecular weight is 538 g/mol. The first kappa shape index (κ1) is 23.0. The van der Waals surface area contributed by atoms with Crippen LogP contribution in [0.2, 0.25) is 0 Å². The maximum atomic E-state index is 6.20. The third-order valence-corrected chi connectivity index (χ3v) is 8.24. The number of aromatic nitrogens is 3. The maximum Gasteiger partial charge on any atom is 0.136 e. The fraction of sp³-hybridized carbons (Fsp3) is 0. The molecule has 0 N–H and O–H groups in total. The molecule has 0 bridgehead atoms. The second kappa shape index (κ2) is 8.88. The van der Waals surface area contributed by atoms with Gasteiger partial charge in [-0.25, -0.2) is 4.98 Å². The molecular weight excluding hydrogens is 514 g/mol. The Balaban J connectivity index is 1.29. The quantitative estimate of drug-likeness (QED) is 0.225. The molecule has 0 fully saturated rings. The largest absolute Gasteiger partial charge is 0.456 e. The van der Waals surface area contributed by atoms with Gasteiger partial charge in [0.15, 0.2) is 0 Å². The Bertz CT molecular complexity index is 2470. The molecule has 4 aromatic heterocycles. The lowest BCUT2D eigenvalue weighted by molar-refractivity contribution is 0.669.